The third-order valence-electron chi connectivity index (χ3n) is 5.01. The molecule has 0 atom stereocenters. The van der Waals surface area contributed by atoms with Gasteiger partial charge in [-0.15, -0.1) is 0 Å². The first-order valence-corrected chi connectivity index (χ1v) is 10.5. The summed E-state index contributed by atoms with van der Waals surface area (Å²) in [4.78, 5) is 14.3. The lowest BCUT2D eigenvalue weighted by atomic mass is 10.1. The van der Waals surface area contributed by atoms with Crippen LogP contribution in [-0.4, -0.2) is 58.8 Å². The van der Waals surface area contributed by atoms with Crippen molar-refractivity contribution in [1.82, 2.24) is 10.2 Å². The van der Waals surface area contributed by atoms with E-state index in [1.54, 1.807) is 21.3 Å². The molecule has 0 fully saturated rings. The van der Waals surface area contributed by atoms with Crippen molar-refractivity contribution in [3.8, 4) is 17.2 Å². The van der Waals surface area contributed by atoms with Gasteiger partial charge in [-0.1, -0.05) is 36.4 Å². The quantitative estimate of drug-likeness (QED) is 0.494. The summed E-state index contributed by atoms with van der Waals surface area (Å²) in [6, 6.07) is 13.8. The summed E-state index contributed by atoms with van der Waals surface area (Å²) in [7, 11) is 7.03. The molecule has 31 heavy (non-hydrogen) atoms. The maximum absolute atomic E-state index is 12.0. The van der Waals surface area contributed by atoms with E-state index in [9.17, 15) is 4.79 Å². The summed E-state index contributed by atoms with van der Waals surface area (Å²) < 4.78 is 15.9. The van der Waals surface area contributed by atoms with Crippen LogP contribution in [0.4, 0.5) is 0 Å². The Kier molecular flexibility index (Phi) is 10.4. The van der Waals surface area contributed by atoms with Gasteiger partial charge in [-0.2, -0.15) is 0 Å². The molecule has 0 unspecified atom stereocenters. The highest BCUT2D eigenvalue weighted by molar-refractivity contribution is 5.78. The van der Waals surface area contributed by atoms with Gasteiger partial charge in [0.2, 0.25) is 5.91 Å². The summed E-state index contributed by atoms with van der Waals surface area (Å²) in [6.45, 7) is 2.53. The summed E-state index contributed by atoms with van der Waals surface area (Å²) in [5.41, 5.74) is 2.17. The third kappa shape index (κ3) is 8.34. The molecule has 0 saturated heterocycles. The van der Waals surface area contributed by atoms with Crippen molar-refractivity contribution in [2.45, 2.75) is 19.3 Å². The molecule has 6 heteroatoms. The van der Waals surface area contributed by atoms with Gasteiger partial charge in [-0.25, -0.2) is 0 Å². The van der Waals surface area contributed by atoms with Crippen LogP contribution in [0.5, 0.6) is 17.2 Å². The monoisotopic (exact) mass is 426 g/mol. The zero-order valence-corrected chi connectivity index (χ0v) is 19.0. The Balaban J connectivity index is 1.63. The van der Waals surface area contributed by atoms with Gasteiger partial charge in [0.25, 0.3) is 0 Å². The van der Waals surface area contributed by atoms with Gasteiger partial charge in [-0.05, 0) is 50.2 Å². The minimum Gasteiger partial charge on any atom is -0.496 e. The van der Waals surface area contributed by atoms with Gasteiger partial charge in [0.1, 0.15) is 5.75 Å². The highest BCUT2D eigenvalue weighted by Crippen LogP contribution is 2.27. The van der Waals surface area contributed by atoms with E-state index in [4.69, 9.17) is 14.2 Å². The fourth-order valence-electron chi connectivity index (χ4n) is 3.21. The first-order valence-electron chi connectivity index (χ1n) is 10.5. The van der Waals surface area contributed by atoms with Crippen LogP contribution < -0.4 is 19.5 Å². The average molecular weight is 427 g/mol. The van der Waals surface area contributed by atoms with Crippen LogP contribution in [0, 0.1) is 0 Å². The highest BCUT2D eigenvalue weighted by atomic mass is 16.5. The zero-order valence-electron chi connectivity index (χ0n) is 19.0. The Labute approximate surface area is 185 Å². The number of hydrogen-bond donors (Lipinski definition) is 1. The van der Waals surface area contributed by atoms with Crippen LogP contribution >= 0.6 is 0 Å². The predicted octanol–water partition coefficient (Wildman–Crippen LogP) is 3.80. The molecule has 0 aromatic heterocycles. The standard InChI is InChI=1S/C25H34N2O4/c1-27(18-15-20-13-14-23(30-3)24(19-20)31-4)17-8-16-26-25(28)12-7-10-21-9-5-6-11-22(21)29-2/h5-7,9-11,13-14,19H,8,12,15-18H2,1-4H3,(H,26,28)/b10-7+. The van der Waals surface area contributed by atoms with Crippen LogP contribution in [-0.2, 0) is 11.2 Å². The second-order valence-corrected chi connectivity index (χ2v) is 7.29. The number of amides is 1. The fraction of sp³-hybridized carbons (Fsp3) is 0.400. The molecule has 0 heterocycles. The van der Waals surface area contributed by atoms with E-state index in [1.165, 1.54) is 5.56 Å². The summed E-state index contributed by atoms with van der Waals surface area (Å²) in [5.74, 6) is 2.33. The van der Waals surface area contributed by atoms with E-state index in [-0.39, 0.29) is 5.91 Å². The molecule has 0 spiro atoms. The van der Waals surface area contributed by atoms with E-state index in [2.05, 4.69) is 23.3 Å². The Morgan fingerprint density at radius 2 is 1.71 bits per heavy atom. The van der Waals surface area contributed by atoms with Crippen LogP contribution in [0.3, 0.4) is 0 Å². The van der Waals surface area contributed by atoms with Crippen LogP contribution in [0.15, 0.2) is 48.5 Å². The Morgan fingerprint density at radius 3 is 2.45 bits per heavy atom. The van der Waals surface area contributed by atoms with Crippen LogP contribution in [0.2, 0.25) is 0 Å². The van der Waals surface area contributed by atoms with E-state index in [0.717, 1.165) is 48.7 Å². The largest absolute Gasteiger partial charge is 0.496 e. The lowest BCUT2D eigenvalue weighted by Crippen LogP contribution is -2.28. The number of methoxy groups -OCH3 is 3. The molecule has 0 saturated carbocycles. The third-order valence-corrected chi connectivity index (χ3v) is 5.01. The number of nitrogens with zero attached hydrogens (tertiary/aromatic N) is 1. The Bertz CT molecular complexity index is 851. The Hall–Kier alpha value is -2.99. The number of para-hydroxylation sites is 1. The summed E-state index contributed by atoms with van der Waals surface area (Å²) in [6.07, 6.45) is 5.97. The fourth-order valence-corrected chi connectivity index (χ4v) is 3.21. The topological polar surface area (TPSA) is 60.0 Å². The second-order valence-electron chi connectivity index (χ2n) is 7.29. The first kappa shape index (κ1) is 24.3. The second kappa shape index (κ2) is 13.3. The number of hydrogen-bond acceptors (Lipinski definition) is 5. The van der Waals surface area contributed by atoms with Crippen molar-refractivity contribution in [1.29, 1.82) is 0 Å². The van der Waals surface area contributed by atoms with Gasteiger partial charge in [0, 0.05) is 25.1 Å². The van der Waals surface area contributed by atoms with Crippen molar-refractivity contribution in [2.24, 2.45) is 0 Å². The first-order chi connectivity index (χ1) is 15.1. The molecule has 2 aromatic rings. The SMILES string of the molecule is COc1ccccc1/C=C/CC(=O)NCCCN(C)CCc1ccc(OC)c(OC)c1. The van der Waals surface area contributed by atoms with Crippen molar-refractivity contribution in [2.75, 3.05) is 48.0 Å². The number of nitrogens with one attached hydrogen (secondary N) is 1. The normalized spacial score (nSPS) is 11.0. The minimum absolute atomic E-state index is 0.0270. The van der Waals surface area contributed by atoms with E-state index >= 15 is 0 Å². The van der Waals surface area contributed by atoms with Crippen LogP contribution in [0.25, 0.3) is 6.08 Å². The van der Waals surface area contributed by atoms with Crippen molar-refractivity contribution in [3.63, 3.8) is 0 Å². The lowest BCUT2D eigenvalue weighted by Gasteiger charge is -2.17. The number of rotatable bonds is 13. The summed E-state index contributed by atoms with van der Waals surface area (Å²) in [5, 5.41) is 2.98. The van der Waals surface area contributed by atoms with Crippen molar-refractivity contribution < 1.29 is 19.0 Å². The van der Waals surface area contributed by atoms with Crippen molar-refractivity contribution >= 4 is 12.0 Å². The molecule has 0 aliphatic heterocycles. The maximum Gasteiger partial charge on any atom is 0.223 e. The van der Waals surface area contributed by atoms with E-state index in [1.807, 2.05) is 48.6 Å². The molecule has 1 amide bonds. The summed E-state index contributed by atoms with van der Waals surface area (Å²) >= 11 is 0. The molecular formula is C25H34N2O4. The van der Waals surface area contributed by atoms with E-state index in [0.29, 0.717) is 13.0 Å². The number of benzene rings is 2. The van der Waals surface area contributed by atoms with Gasteiger partial charge < -0.3 is 24.4 Å². The average Bonchev–Trinajstić information content (AvgIpc) is 2.80. The molecule has 168 valence electrons. The number of ether oxygens (including phenoxy) is 3. The molecule has 0 radical (unpaired) electrons. The predicted molar refractivity (Wildman–Crippen MR) is 125 cm³/mol. The van der Waals surface area contributed by atoms with Gasteiger partial charge in [0.15, 0.2) is 11.5 Å². The van der Waals surface area contributed by atoms with E-state index < -0.39 is 0 Å². The van der Waals surface area contributed by atoms with Crippen molar-refractivity contribution in [3.05, 3.63) is 59.7 Å². The van der Waals surface area contributed by atoms with Gasteiger partial charge in [-0.3, -0.25) is 4.79 Å². The number of carbonyl (C=O) groups excluding carboxylic acids is 1. The molecular weight excluding hydrogens is 392 g/mol. The minimum atomic E-state index is 0.0270. The smallest absolute Gasteiger partial charge is 0.223 e. The molecule has 0 bridgehead atoms. The number of likely N-dealkylation sites (N-methyl/N-ethyl adjacent to an activating group) is 1. The highest BCUT2D eigenvalue weighted by Gasteiger charge is 2.06. The molecule has 6 nitrogen and oxygen atoms in total. The molecule has 1 N–H and O–H groups in total. The Morgan fingerprint density at radius 1 is 0.968 bits per heavy atom. The number of carbonyl (C=O) groups is 1. The van der Waals surface area contributed by atoms with Gasteiger partial charge >= 0.3 is 0 Å². The molecule has 2 rings (SSSR count). The molecule has 2 aromatic carbocycles. The molecule has 0 aliphatic carbocycles. The van der Waals surface area contributed by atoms with Gasteiger partial charge in [0.05, 0.1) is 21.3 Å². The lowest BCUT2D eigenvalue weighted by molar-refractivity contribution is -0.120. The van der Waals surface area contributed by atoms with Crippen LogP contribution in [0.1, 0.15) is 24.0 Å². The zero-order chi connectivity index (χ0) is 22.5. The maximum atomic E-state index is 12.0. The molecule has 0 aliphatic rings.